The first-order valence-corrected chi connectivity index (χ1v) is 16.1. The molecule has 0 radical (unpaired) electrons. The van der Waals surface area contributed by atoms with Crippen molar-refractivity contribution in [1.82, 2.24) is 0 Å². The molecule has 1 nitrogen and oxygen atoms in total. The molecule has 0 bridgehead atoms. The van der Waals surface area contributed by atoms with Crippen LogP contribution in [0, 0.1) is 5.92 Å². The van der Waals surface area contributed by atoms with Gasteiger partial charge in [0.05, 0.1) is 0 Å². The lowest BCUT2D eigenvalue weighted by atomic mass is 9.65. The maximum Gasteiger partial charge on any atom is 0.128 e. The lowest BCUT2D eigenvalue weighted by Gasteiger charge is -2.38. The van der Waals surface area contributed by atoms with Crippen LogP contribution in [0.4, 0.5) is 0 Å². The highest BCUT2D eigenvalue weighted by Gasteiger charge is 2.38. The predicted molar refractivity (Wildman–Crippen MR) is 188 cm³/mol. The smallest absolute Gasteiger partial charge is 0.128 e. The molecule has 4 aliphatic carbocycles. The van der Waals surface area contributed by atoms with Gasteiger partial charge in [-0.1, -0.05) is 115 Å². The molecule has 0 aromatic heterocycles. The Morgan fingerprint density at radius 3 is 2.16 bits per heavy atom. The van der Waals surface area contributed by atoms with Gasteiger partial charge in [-0.05, 0) is 107 Å². The van der Waals surface area contributed by atoms with Crippen molar-refractivity contribution in [2.24, 2.45) is 5.92 Å². The second kappa shape index (κ2) is 8.61. The van der Waals surface area contributed by atoms with E-state index in [4.69, 9.17) is 4.74 Å². The van der Waals surface area contributed by atoms with Crippen molar-refractivity contribution in [3.63, 3.8) is 0 Å². The second-order valence-electron chi connectivity index (χ2n) is 13.2. The summed E-state index contributed by atoms with van der Waals surface area (Å²) in [6.07, 6.45) is 21.0. The summed E-state index contributed by atoms with van der Waals surface area (Å²) in [5.74, 6) is 1.90. The Bertz CT molecular complexity index is 2410. The molecule has 6 aromatic rings. The molecule has 0 saturated carbocycles. The molecule has 11 rings (SSSR count). The standard InChI is InChI=1S/C44H28O/c1-3-25-9-11-32-21-34(22-33-12-10-26(4-1)41(25)43(32)33)30-15-19-39-37(23-30)38-24-31(16-20-40(38)45-39)35-17-13-29-8-7-27-5-2-6-28-14-18-36(35)44(29)42(27)28/h1-24,36-37,39,44H. The molecular formula is C44H28O. The van der Waals surface area contributed by atoms with E-state index < -0.39 is 0 Å². The molecule has 0 fully saturated rings. The minimum Gasteiger partial charge on any atom is -0.485 e. The maximum atomic E-state index is 6.51. The number of hydrogen-bond donors (Lipinski definition) is 0. The van der Waals surface area contributed by atoms with Crippen molar-refractivity contribution < 1.29 is 4.74 Å². The molecule has 0 saturated heterocycles. The van der Waals surface area contributed by atoms with E-state index in [1.165, 1.54) is 82.4 Å². The minimum atomic E-state index is 0.0311. The third kappa shape index (κ3) is 3.28. The van der Waals surface area contributed by atoms with E-state index in [-0.39, 0.29) is 12.0 Å². The van der Waals surface area contributed by atoms with Crippen molar-refractivity contribution in [3.05, 3.63) is 172 Å². The average Bonchev–Trinajstić information content (AvgIpc) is 3.46. The summed E-state index contributed by atoms with van der Waals surface area (Å²) in [5, 5.41) is 7.95. The molecule has 1 aliphatic heterocycles. The van der Waals surface area contributed by atoms with Crippen molar-refractivity contribution in [2.75, 3.05) is 0 Å². The monoisotopic (exact) mass is 572 g/mol. The van der Waals surface area contributed by atoms with Gasteiger partial charge in [0.2, 0.25) is 0 Å². The van der Waals surface area contributed by atoms with Crippen LogP contribution in [0.5, 0.6) is 5.75 Å². The number of hydrogen-bond acceptors (Lipinski definition) is 1. The van der Waals surface area contributed by atoms with Crippen LogP contribution in [0.25, 0.3) is 55.6 Å². The molecule has 0 spiro atoms. The van der Waals surface area contributed by atoms with E-state index in [1.54, 1.807) is 0 Å². The highest BCUT2D eigenvalue weighted by Crippen LogP contribution is 2.52. The minimum absolute atomic E-state index is 0.0311. The van der Waals surface area contributed by atoms with Gasteiger partial charge in [-0.25, -0.2) is 0 Å². The van der Waals surface area contributed by atoms with Crippen LogP contribution < -0.4 is 4.74 Å². The summed E-state index contributed by atoms with van der Waals surface area (Å²) in [6.45, 7) is 0. The fraction of sp³-hybridized carbons (Fsp3) is 0.0909. The van der Waals surface area contributed by atoms with Crippen molar-refractivity contribution in [1.29, 1.82) is 0 Å². The first-order valence-electron chi connectivity index (χ1n) is 16.1. The van der Waals surface area contributed by atoms with Crippen molar-refractivity contribution in [3.8, 4) is 5.75 Å². The van der Waals surface area contributed by atoms with Gasteiger partial charge >= 0.3 is 0 Å². The van der Waals surface area contributed by atoms with Gasteiger partial charge in [0.15, 0.2) is 0 Å². The average molecular weight is 573 g/mol. The lowest BCUT2D eigenvalue weighted by molar-refractivity contribution is 0.269. The molecule has 4 atom stereocenters. The summed E-state index contributed by atoms with van der Waals surface area (Å²) in [6, 6.07) is 34.0. The Morgan fingerprint density at radius 2 is 1.31 bits per heavy atom. The summed E-state index contributed by atoms with van der Waals surface area (Å²) >= 11 is 0. The Hall–Kier alpha value is -5.40. The summed E-state index contributed by atoms with van der Waals surface area (Å²) < 4.78 is 6.51. The van der Waals surface area contributed by atoms with Gasteiger partial charge in [0.1, 0.15) is 11.9 Å². The highest BCUT2D eigenvalue weighted by atomic mass is 16.5. The van der Waals surface area contributed by atoms with E-state index in [2.05, 4.69) is 146 Å². The van der Waals surface area contributed by atoms with Crippen LogP contribution >= 0.6 is 0 Å². The Labute approximate surface area is 261 Å². The van der Waals surface area contributed by atoms with E-state index in [0.29, 0.717) is 11.8 Å². The van der Waals surface area contributed by atoms with Crippen LogP contribution in [0.15, 0.2) is 139 Å². The quantitative estimate of drug-likeness (QED) is 0.188. The molecule has 0 N–H and O–H groups in total. The number of rotatable bonds is 2. The molecule has 210 valence electrons. The molecule has 6 aromatic carbocycles. The van der Waals surface area contributed by atoms with Crippen molar-refractivity contribution in [2.45, 2.75) is 17.9 Å². The fourth-order valence-electron chi connectivity index (χ4n) is 8.84. The first-order chi connectivity index (χ1) is 22.3. The molecular weight excluding hydrogens is 544 g/mol. The summed E-state index contributed by atoms with van der Waals surface area (Å²) in [7, 11) is 0. The van der Waals surface area contributed by atoms with Crippen LogP contribution in [0.2, 0.25) is 0 Å². The largest absolute Gasteiger partial charge is 0.485 e. The highest BCUT2D eigenvalue weighted by molar-refractivity contribution is 6.23. The Morgan fingerprint density at radius 1 is 0.556 bits per heavy atom. The third-order valence-corrected chi connectivity index (χ3v) is 10.9. The van der Waals surface area contributed by atoms with Gasteiger partial charge in [-0.2, -0.15) is 0 Å². The molecule has 5 aliphatic rings. The number of allylic oxidation sites excluding steroid dienone is 8. The van der Waals surface area contributed by atoms with Crippen LogP contribution in [0.3, 0.4) is 0 Å². The number of ether oxygens (including phenoxy) is 1. The zero-order valence-corrected chi connectivity index (χ0v) is 24.6. The van der Waals surface area contributed by atoms with Gasteiger partial charge in [-0.3, -0.25) is 0 Å². The Kier molecular flexibility index (Phi) is 4.59. The SMILES string of the molecule is C1=CC2Oc3ccc(C4=CC=C5C=Cc6cccc7c6C5C4C=C7)cc3C2C=C1c1cc2ccc3cccc4ccc(c1)c2c34. The molecule has 0 amide bonds. The van der Waals surface area contributed by atoms with Crippen LogP contribution in [-0.4, -0.2) is 6.10 Å². The number of benzene rings is 6. The zero-order chi connectivity index (χ0) is 29.2. The maximum absolute atomic E-state index is 6.51. The Balaban J connectivity index is 0.997. The topological polar surface area (TPSA) is 9.23 Å². The van der Waals surface area contributed by atoms with E-state index in [0.717, 1.165) is 5.75 Å². The summed E-state index contributed by atoms with van der Waals surface area (Å²) in [4.78, 5) is 0. The van der Waals surface area contributed by atoms with Gasteiger partial charge in [0, 0.05) is 23.3 Å². The first kappa shape index (κ1) is 24.0. The fourth-order valence-corrected chi connectivity index (χ4v) is 8.84. The molecule has 4 unspecified atom stereocenters. The van der Waals surface area contributed by atoms with Crippen molar-refractivity contribution >= 4 is 55.6 Å². The summed E-state index contributed by atoms with van der Waals surface area (Å²) in [5.41, 5.74) is 12.1. The lowest BCUT2D eigenvalue weighted by Crippen LogP contribution is -2.23. The van der Waals surface area contributed by atoms with E-state index >= 15 is 0 Å². The zero-order valence-electron chi connectivity index (χ0n) is 24.6. The molecule has 1 heterocycles. The van der Waals surface area contributed by atoms with E-state index in [1.807, 2.05) is 0 Å². The third-order valence-electron chi connectivity index (χ3n) is 10.9. The second-order valence-corrected chi connectivity index (χ2v) is 13.2. The normalized spacial score (nSPS) is 23.4. The van der Waals surface area contributed by atoms with Gasteiger partial charge in [0.25, 0.3) is 0 Å². The van der Waals surface area contributed by atoms with E-state index in [9.17, 15) is 0 Å². The van der Waals surface area contributed by atoms with Gasteiger partial charge in [-0.15, -0.1) is 0 Å². The molecule has 1 heteroatoms. The number of fused-ring (bicyclic) bond motifs is 3. The van der Waals surface area contributed by atoms with Crippen LogP contribution in [-0.2, 0) is 0 Å². The van der Waals surface area contributed by atoms with Crippen LogP contribution in [0.1, 0.15) is 45.2 Å². The predicted octanol–water partition coefficient (Wildman–Crippen LogP) is 10.9. The molecule has 45 heavy (non-hydrogen) atoms. The van der Waals surface area contributed by atoms with Gasteiger partial charge < -0.3 is 4.74 Å².